The third-order valence-corrected chi connectivity index (χ3v) is 3.85. The highest BCUT2D eigenvalue weighted by atomic mass is 16.5. The number of ether oxygens (including phenoxy) is 1. The van der Waals surface area contributed by atoms with E-state index in [0.29, 0.717) is 19.5 Å². The van der Waals surface area contributed by atoms with Gasteiger partial charge in [0.15, 0.2) is 5.78 Å². The van der Waals surface area contributed by atoms with E-state index in [4.69, 9.17) is 0 Å². The van der Waals surface area contributed by atoms with Crippen LogP contribution in [0.3, 0.4) is 0 Å². The number of piperidine rings is 1. The van der Waals surface area contributed by atoms with Crippen molar-refractivity contribution in [2.45, 2.75) is 39.0 Å². The van der Waals surface area contributed by atoms with E-state index in [2.05, 4.69) is 11.3 Å². The Morgan fingerprint density at radius 1 is 1.50 bits per heavy atom. The predicted molar refractivity (Wildman–Crippen MR) is 75.0 cm³/mol. The lowest BCUT2D eigenvalue weighted by Gasteiger charge is -2.38. The van der Waals surface area contributed by atoms with Crippen LogP contribution in [0.2, 0.25) is 0 Å². The number of carbonyl (C=O) groups excluding carboxylic acids is 3. The van der Waals surface area contributed by atoms with Crippen LogP contribution >= 0.6 is 0 Å². The molecular formula is C15H23NO4. The lowest BCUT2D eigenvalue weighted by Crippen LogP contribution is -2.51. The Kier molecular flexibility index (Phi) is 5.92. The van der Waals surface area contributed by atoms with Gasteiger partial charge in [-0.25, -0.2) is 0 Å². The summed E-state index contributed by atoms with van der Waals surface area (Å²) >= 11 is 0. The second kappa shape index (κ2) is 7.22. The Bertz CT molecular complexity index is 405. The van der Waals surface area contributed by atoms with Crippen LogP contribution in [-0.4, -0.2) is 42.8 Å². The fourth-order valence-corrected chi connectivity index (χ4v) is 2.48. The Morgan fingerprint density at radius 2 is 2.20 bits per heavy atom. The standard InChI is InChI=1S/C15H23NO4/c1-4-5-6-9-16-10-7-8-15(2,14(16)19)12(17)11-13(18)20-3/h4H,1,5-11H2,2-3H3. The molecule has 1 aliphatic rings. The molecule has 1 heterocycles. The van der Waals surface area contributed by atoms with Gasteiger partial charge in [0.2, 0.25) is 5.91 Å². The summed E-state index contributed by atoms with van der Waals surface area (Å²) < 4.78 is 4.50. The highest BCUT2D eigenvalue weighted by molar-refractivity contribution is 6.11. The first-order chi connectivity index (χ1) is 9.45. The minimum atomic E-state index is -1.08. The number of allylic oxidation sites excluding steroid dienone is 1. The predicted octanol–water partition coefficient (Wildman–Crippen LogP) is 1.71. The Hall–Kier alpha value is -1.65. The van der Waals surface area contributed by atoms with Gasteiger partial charge in [-0.15, -0.1) is 6.58 Å². The van der Waals surface area contributed by atoms with E-state index in [-0.39, 0.29) is 18.1 Å². The smallest absolute Gasteiger partial charge is 0.313 e. The molecular weight excluding hydrogens is 258 g/mol. The zero-order chi connectivity index (χ0) is 15.2. The molecule has 112 valence electrons. The molecule has 1 aliphatic heterocycles. The average molecular weight is 281 g/mol. The fraction of sp³-hybridized carbons (Fsp3) is 0.667. The van der Waals surface area contributed by atoms with Crippen LogP contribution in [0.5, 0.6) is 0 Å². The number of hydrogen-bond acceptors (Lipinski definition) is 4. The van der Waals surface area contributed by atoms with Gasteiger partial charge in [-0.1, -0.05) is 6.08 Å². The summed E-state index contributed by atoms with van der Waals surface area (Å²) in [5.74, 6) is -1.10. The SMILES string of the molecule is C=CCCCN1CCCC(C)(C(=O)CC(=O)OC)C1=O. The topological polar surface area (TPSA) is 63.7 Å². The number of rotatable bonds is 7. The Morgan fingerprint density at radius 3 is 2.80 bits per heavy atom. The number of hydrogen-bond donors (Lipinski definition) is 0. The lowest BCUT2D eigenvalue weighted by molar-refractivity contribution is -0.155. The van der Waals surface area contributed by atoms with Gasteiger partial charge in [0.1, 0.15) is 11.8 Å². The normalized spacial score (nSPS) is 22.5. The third kappa shape index (κ3) is 3.68. The molecule has 0 spiro atoms. The van der Waals surface area contributed by atoms with Crippen molar-refractivity contribution in [3.05, 3.63) is 12.7 Å². The van der Waals surface area contributed by atoms with Crippen molar-refractivity contribution in [2.75, 3.05) is 20.2 Å². The summed E-state index contributed by atoms with van der Waals surface area (Å²) in [6.07, 6.45) is 4.45. The fourth-order valence-electron chi connectivity index (χ4n) is 2.48. The van der Waals surface area contributed by atoms with Crippen LogP contribution in [0, 0.1) is 5.41 Å². The number of amides is 1. The van der Waals surface area contributed by atoms with Crippen molar-refractivity contribution in [1.82, 2.24) is 4.90 Å². The minimum Gasteiger partial charge on any atom is -0.469 e. The largest absolute Gasteiger partial charge is 0.469 e. The van der Waals surface area contributed by atoms with Gasteiger partial charge in [-0.05, 0) is 32.6 Å². The summed E-state index contributed by atoms with van der Waals surface area (Å²) in [7, 11) is 1.24. The monoisotopic (exact) mass is 281 g/mol. The molecule has 1 atom stereocenters. The van der Waals surface area contributed by atoms with E-state index in [0.717, 1.165) is 19.3 Å². The molecule has 0 aromatic carbocycles. The Balaban J connectivity index is 2.72. The van der Waals surface area contributed by atoms with Crippen molar-refractivity contribution in [3.63, 3.8) is 0 Å². The van der Waals surface area contributed by atoms with Gasteiger partial charge in [0.25, 0.3) is 0 Å². The minimum absolute atomic E-state index is 0.165. The van der Waals surface area contributed by atoms with E-state index < -0.39 is 11.4 Å². The van der Waals surface area contributed by atoms with Gasteiger partial charge in [0.05, 0.1) is 7.11 Å². The second-order valence-corrected chi connectivity index (χ2v) is 5.33. The second-order valence-electron chi connectivity index (χ2n) is 5.33. The molecule has 0 saturated carbocycles. The van der Waals surface area contributed by atoms with Gasteiger partial charge in [-0.3, -0.25) is 14.4 Å². The number of esters is 1. The first-order valence-corrected chi connectivity index (χ1v) is 6.96. The van der Waals surface area contributed by atoms with E-state index in [1.807, 2.05) is 6.08 Å². The number of methoxy groups -OCH3 is 1. The molecule has 20 heavy (non-hydrogen) atoms. The van der Waals surface area contributed by atoms with Gasteiger partial charge >= 0.3 is 5.97 Å². The number of Topliss-reactive ketones (excluding diaryl/α,β-unsaturated/α-hetero) is 1. The Labute approximate surface area is 120 Å². The van der Waals surface area contributed by atoms with Crippen molar-refractivity contribution < 1.29 is 19.1 Å². The molecule has 0 bridgehead atoms. The lowest BCUT2D eigenvalue weighted by atomic mass is 9.76. The van der Waals surface area contributed by atoms with Crippen LogP contribution in [0.4, 0.5) is 0 Å². The molecule has 1 saturated heterocycles. The molecule has 5 heteroatoms. The van der Waals surface area contributed by atoms with E-state index in [1.54, 1.807) is 11.8 Å². The molecule has 1 unspecified atom stereocenters. The molecule has 0 N–H and O–H groups in total. The summed E-state index contributed by atoms with van der Waals surface area (Å²) in [5, 5.41) is 0. The highest BCUT2D eigenvalue weighted by Gasteiger charge is 2.45. The van der Waals surface area contributed by atoms with Crippen LogP contribution < -0.4 is 0 Å². The number of ketones is 1. The molecule has 1 fully saturated rings. The maximum atomic E-state index is 12.5. The van der Waals surface area contributed by atoms with Crippen molar-refractivity contribution in [3.8, 4) is 0 Å². The molecule has 0 aromatic rings. The third-order valence-electron chi connectivity index (χ3n) is 3.85. The van der Waals surface area contributed by atoms with Crippen LogP contribution in [0.1, 0.15) is 39.0 Å². The van der Waals surface area contributed by atoms with E-state index in [9.17, 15) is 14.4 Å². The zero-order valence-electron chi connectivity index (χ0n) is 12.3. The quantitative estimate of drug-likeness (QED) is 0.308. The van der Waals surface area contributed by atoms with E-state index >= 15 is 0 Å². The summed E-state index contributed by atoms with van der Waals surface area (Å²) in [5.41, 5.74) is -1.08. The van der Waals surface area contributed by atoms with Crippen molar-refractivity contribution >= 4 is 17.7 Å². The molecule has 0 aromatic heterocycles. The average Bonchev–Trinajstić information content (AvgIpc) is 2.43. The number of nitrogens with zero attached hydrogens (tertiary/aromatic N) is 1. The van der Waals surface area contributed by atoms with Crippen LogP contribution in [0.15, 0.2) is 12.7 Å². The maximum absolute atomic E-state index is 12.5. The van der Waals surface area contributed by atoms with Crippen molar-refractivity contribution in [2.24, 2.45) is 5.41 Å². The first kappa shape index (κ1) is 16.4. The summed E-state index contributed by atoms with van der Waals surface area (Å²) in [4.78, 5) is 37.6. The maximum Gasteiger partial charge on any atom is 0.313 e. The highest BCUT2D eigenvalue weighted by Crippen LogP contribution is 2.33. The molecule has 5 nitrogen and oxygen atoms in total. The van der Waals surface area contributed by atoms with Gasteiger partial charge in [-0.2, -0.15) is 0 Å². The van der Waals surface area contributed by atoms with Crippen LogP contribution in [0.25, 0.3) is 0 Å². The molecule has 0 radical (unpaired) electrons. The number of likely N-dealkylation sites (tertiary alicyclic amines) is 1. The summed E-state index contributed by atoms with van der Waals surface area (Å²) in [6.45, 7) is 6.60. The summed E-state index contributed by atoms with van der Waals surface area (Å²) in [6, 6.07) is 0. The van der Waals surface area contributed by atoms with Gasteiger partial charge in [0, 0.05) is 13.1 Å². The van der Waals surface area contributed by atoms with Crippen LogP contribution in [-0.2, 0) is 19.1 Å². The molecule has 1 rings (SSSR count). The van der Waals surface area contributed by atoms with Crippen molar-refractivity contribution in [1.29, 1.82) is 0 Å². The zero-order valence-corrected chi connectivity index (χ0v) is 12.3. The number of unbranched alkanes of at least 4 members (excludes halogenated alkanes) is 1. The first-order valence-electron chi connectivity index (χ1n) is 6.96. The van der Waals surface area contributed by atoms with E-state index in [1.165, 1.54) is 7.11 Å². The molecule has 0 aliphatic carbocycles. The van der Waals surface area contributed by atoms with Gasteiger partial charge < -0.3 is 9.64 Å². The number of carbonyl (C=O) groups is 3. The molecule has 1 amide bonds.